The minimum atomic E-state index is -4.73. The van der Waals surface area contributed by atoms with Gasteiger partial charge in [0.25, 0.3) is 11.8 Å². The summed E-state index contributed by atoms with van der Waals surface area (Å²) < 4.78 is 99.4. The maximum absolute atomic E-state index is 14.3. The van der Waals surface area contributed by atoms with Gasteiger partial charge in [0.1, 0.15) is 22.6 Å². The number of alkyl halides is 6. The largest absolute Gasteiger partial charge is 0.497 e. The van der Waals surface area contributed by atoms with E-state index >= 15 is 0 Å². The van der Waals surface area contributed by atoms with Gasteiger partial charge in [-0.2, -0.15) is 36.5 Å². The molecule has 4 atom stereocenters. The summed E-state index contributed by atoms with van der Waals surface area (Å²) in [5, 5.41) is 28.3. The van der Waals surface area contributed by atoms with Crippen molar-refractivity contribution in [1.29, 1.82) is 0 Å². The highest BCUT2D eigenvalue weighted by atomic mass is 79.9. The molecule has 2 amide bonds. The zero-order valence-corrected chi connectivity index (χ0v) is 48.6. The van der Waals surface area contributed by atoms with Crippen molar-refractivity contribution < 1.29 is 55.6 Å². The van der Waals surface area contributed by atoms with Crippen LogP contribution in [0.3, 0.4) is 0 Å². The second kappa shape index (κ2) is 24.5. The fourth-order valence-electron chi connectivity index (χ4n) is 10.9. The lowest BCUT2D eigenvalue weighted by Gasteiger charge is -2.43. The van der Waals surface area contributed by atoms with Gasteiger partial charge in [0.2, 0.25) is 0 Å². The Morgan fingerprint density at radius 2 is 0.963 bits per heavy atom. The van der Waals surface area contributed by atoms with Gasteiger partial charge >= 0.3 is 12.4 Å². The van der Waals surface area contributed by atoms with Crippen LogP contribution in [0.5, 0.6) is 11.5 Å². The molecule has 4 aromatic heterocycles. The lowest BCUT2D eigenvalue weighted by atomic mass is 10.0. The minimum Gasteiger partial charge on any atom is -0.497 e. The molecule has 2 aliphatic rings. The van der Waals surface area contributed by atoms with Crippen LogP contribution < -0.4 is 9.47 Å². The lowest BCUT2D eigenvalue weighted by Crippen LogP contribution is -2.55. The summed E-state index contributed by atoms with van der Waals surface area (Å²) in [6, 6.07) is 27.5. The van der Waals surface area contributed by atoms with Crippen molar-refractivity contribution >= 4 is 55.0 Å². The number of halogens is 8. The Morgan fingerprint density at radius 3 is 1.27 bits per heavy atom. The highest BCUT2D eigenvalue weighted by molar-refractivity contribution is 9.10. The second-order valence-corrected chi connectivity index (χ2v) is 21.9. The molecule has 0 saturated carbocycles. The number of rotatable bonds is 12. The van der Waals surface area contributed by atoms with Crippen LogP contribution in [0.1, 0.15) is 80.3 Å². The summed E-state index contributed by atoms with van der Waals surface area (Å²) in [7, 11) is 3.00. The maximum Gasteiger partial charge on any atom is 0.433 e. The molecule has 8 aromatic rings. The molecule has 2 saturated heterocycles. The third kappa shape index (κ3) is 12.1. The number of hydrogen-bond donors (Lipinski definition) is 2. The Hall–Kier alpha value is -6.96. The maximum atomic E-state index is 14.3. The zero-order valence-electron chi connectivity index (χ0n) is 45.4. The number of piperazine rings is 2. The molecule has 0 spiro atoms. The molecule has 82 heavy (non-hydrogen) atoms. The number of fused-ring (bicyclic) bond motifs is 2. The highest BCUT2D eigenvalue weighted by Gasteiger charge is 2.42. The SMILES string of the molecule is COc1ccc(-c2nc3c(C(=O)N4CCN([C@@H](CO)c5cccc(Br)c5)C[C@H]4C)cnn3c(C(F)(F)F)c2C)cc1.COc1ccc(-c2nc3c(C(=O)N4CCN([C@H](CO)c5cccc(Br)c5)C[C@H]4C)cnn3c(C(F)(F)F)c2C)cc1. The molecule has 2 aliphatic heterocycles. The van der Waals surface area contributed by atoms with Gasteiger partial charge in [-0.25, -0.2) is 19.0 Å². The summed E-state index contributed by atoms with van der Waals surface area (Å²) in [6.45, 7) is 8.82. The van der Waals surface area contributed by atoms with Gasteiger partial charge < -0.3 is 29.5 Å². The first-order chi connectivity index (χ1) is 39.1. The van der Waals surface area contributed by atoms with Gasteiger partial charge in [0.05, 0.1) is 63.3 Å². The third-order valence-corrected chi connectivity index (χ3v) is 16.0. The number of benzene rings is 4. The summed E-state index contributed by atoms with van der Waals surface area (Å²) in [5.41, 5.74) is 0.557. The molecule has 4 aromatic carbocycles. The summed E-state index contributed by atoms with van der Waals surface area (Å²) in [5.74, 6) is 0.223. The van der Waals surface area contributed by atoms with Gasteiger partial charge in [0.15, 0.2) is 22.7 Å². The number of aliphatic hydroxyl groups excluding tert-OH is 2. The number of methoxy groups -OCH3 is 2. The molecule has 0 unspecified atom stereocenters. The Labute approximate surface area is 485 Å². The Kier molecular flexibility index (Phi) is 17.8. The fraction of sp³-hybridized carbons (Fsp3) is 0.345. The van der Waals surface area contributed by atoms with Crippen molar-refractivity contribution in [3.63, 3.8) is 0 Å². The van der Waals surface area contributed by atoms with Crippen LogP contribution in [-0.2, 0) is 12.4 Å². The van der Waals surface area contributed by atoms with E-state index in [1.54, 1.807) is 58.3 Å². The van der Waals surface area contributed by atoms with Crippen molar-refractivity contribution in [3.05, 3.63) is 163 Å². The standard InChI is InChI=1S/2C29H29BrF3N5O3/c2*1-17-15-36(24(16-39)20-5-4-6-21(30)13-20)11-12-37(17)28(40)23-14-34-38-26(29(31,32)33)18(2)25(35-27(23)38)19-7-9-22(41-3)10-8-19/h2*4-10,13-14,17,24,39H,11-12,15-16H2,1-3H3/t17-,24+;17-,24-/m11/s1. The normalized spacial score (nSPS) is 17.2. The van der Waals surface area contributed by atoms with Gasteiger partial charge in [-0.3, -0.25) is 19.4 Å². The van der Waals surface area contributed by atoms with Crippen molar-refractivity contribution in [3.8, 4) is 34.0 Å². The zero-order chi connectivity index (χ0) is 58.9. The van der Waals surface area contributed by atoms with Crippen LogP contribution in [0.4, 0.5) is 26.3 Å². The molecule has 0 radical (unpaired) electrons. The monoisotopic (exact) mass is 1260 g/mol. The van der Waals surface area contributed by atoms with Gasteiger partial charge in [-0.15, -0.1) is 0 Å². The van der Waals surface area contributed by atoms with Crippen molar-refractivity contribution in [2.24, 2.45) is 0 Å². The quantitative estimate of drug-likeness (QED) is 0.111. The van der Waals surface area contributed by atoms with E-state index in [1.807, 2.05) is 62.4 Å². The van der Waals surface area contributed by atoms with Crippen molar-refractivity contribution in [2.75, 3.05) is 66.7 Å². The molecule has 16 nitrogen and oxygen atoms in total. The molecule has 0 bridgehead atoms. The Bertz CT molecular complexity index is 3380. The average molecular weight is 1260 g/mol. The molecule has 2 fully saturated rings. The number of carbonyl (C=O) groups excluding carboxylic acids is 2. The molecule has 24 heteroatoms. The topological polar surface area (TPSA) is 166 Å². The van der Waals surface area contributed by atoms with Crippen LogP contribution in [0.2, 0.25) is 0 Å². The lowest BCUT2D eigenvalue weighted by molar-refractivity contribution is -0.144. The average Bonchev–Trinajstić information content (AvgIpc) is 4.13. The van der Waals surface area contributed by atoms with E-state index in [9.17, 15) is 46.1 Å². The summed E-state index contributed by atoms with van der Waals surface area (Å²) in [6.07, 6.45) is -7.14. The highest BCUT2D eigenvalue weighted by Crippen LogP contribution is 2.40. The summed E-state index contributed by atoms with van der Waals surface area (Å²) >= 11 is 6.94. The number of ether oxygens (including phenoxy) is 2. The predicted molar refractivity (Wildman–Crippen MR) is 302 cm³/mol. The van der Waals surface area contributed by atoms with Crippen LogP contribution in [0.25, 0.3) is 33.8 Å². The molecular weight excluding hydrogens is 1210 g/mol. The molecule has 10 rings (SSSR count). The van der Waals surface area contributed by atoms with E-state index in [-0.39, 0.29) is 82.3 Å². The van der Waals surface area contributed by atoms with Crippen LogP contribution in [-0.4, -0.2) is 150 Å². The number of aliphatic hydroxyl groups is 2. The second-order valence-electron chi connectivity index (χ2n) is 20.1. The first-order valence-electron chi connectivity index (χ1n) is 26.1. The van der Waals surface area contributed by atoms with Gasteiger partial charge in [-0.05, 0) is 112 Å². The predicted octanol–water partition coefficient (Wildman–Crippen LogP) is 10.7. The molecular formula is C58H58Br2F6N10O6. The first kappa shape index (κ1) is 59.7. The van der Waals surface area contributed by atoms with Gasteiger partial charge in [0, 0.05) is 82.6 Å². The van der Waals surface area contributed by atoms with Crippen LogP contribution >= 0.6 is 31.9 Å². The van der Waals surface area contributed by atoms with Crippen molar-refractivity contribution in [2.45, 2.75) is 64.2 Å². The molecule has 0 aliphatic carbocycles. The summed E-state index contributed by atoms with van der Waals surface area (Å²) in [4.78, 5) is 44.1. The first-order valence-corrected chi connectivity index (χ1v) is 27.7. The number of amides is 2. The van der Waals surface area contributed by atoms with Crippen LogP contribution in [0.15, 0.2) is 118 Å². The van der Waals surface area contributed by atoms with E-state index in [0.29, 0.717) is 70.9 Å². The van der Waals surface area contributed by atoms with E-state index < -0.39 is 35.6 Å². The third-order valence-electron chi connectivity index (χ3n) is 15.0. The minimum absolute atomic E-state index is 0.00346. The van der Waals surface area contributed by atoms with E-state index in [1.165, 1.54) is 28.1 Å². The van der Waals surface area contributed by atoms with E-state index in [0.717, 1.165) is 32.5 Å². The smallest absolute Gasteiger partial charge is 0.433 e. The van der Waals surface area contributed by atoms with E-state index in [2.05, 4.69) is 61.8 Å². The Morgan fingerprint density at radius 1 is 0.598 bits per heavy atom. The van der Waals surface area contributed by atoms with E-state index in [4.69, 9.17) is 9.47 Å². The number of nitrogens with zero attached hydrogens (tertiary/aromatic N) is 10. The fourth-order valence-corrected chi connectivity index (χ4v) is 11.8. The molecule has 2 N–H and O–H groups in total. The van der Waals surface area contributed by atoms with Gasteiger partial charge in [-0.1, -0.05) is 56.1 Å². The molecule has 6 heterocycles. The number of carbonyl (C=O) groups is 2. The van der Waals surface area contributed by atoms with Crippen molar-refractivity contribution in [1.82, 2.24) is 48.8 Å². The number of aromatic nitrogens is 6. The number of hydrogen-bond acceptors (Lipinski definition) is 12. The molecule has 432 valence electrons. The Balaban J connectivity index is 0.000000198. The van der Waals surface area contributed by atoms with Crippen LogP contribution in [0, 0.1) is 13.8 Å².